The van der Waals surface area contributed by atoms with Gasteiger partial charge in [-0.3, -0.25) is 0 Å². The molecule has 1 saturated carbocycles. The van der Waals surface area contributed by atoms with Crippen molar-refractivity contribution in [3.05, 3.63) is 35.9 Å². The molecule has 2 nitrogen and oxygen atoms in total. The van der Waals surface area contributed by atoms with Gasteiger partial charge in [-0.15, -0.1) is 11.8 Å². The SMILES string of the molecule is O[C@@]1(c2ccccc2)CCC[C@@]2(C1)OCCS2. The smallest absolute Gasteiger partial charge is 0.116 e. The molecule has 1 aliphatic heterocycles. The van der Waals surface area contributed by atoms with Gasteiger partial charge in [-0.05, 0) is 24.8 Å². The first-order chi connectivity index (χ1) is 8.23. The van der Waals surface area contributed by atoms with E-state index in [9.17, 15) is 5.11 Å². The molecule has 0 radical (unpaired) electrons. The van der Waals surface area contributed by atoms with E-state index in [1.807, 2.05) is 42.1 Å². The van der Waals surface area contributed by atoms with Crippen LogP contribution in [0.4, 0.5) is 0 Å². The van der Waals surface area contributed by atoms with Crippen molar-refractivity contribution in [3.63, 3.8) is 0 Å². The zero-order valence-corrected chi connectivity index (χ0v) is 10.7. The molecule has 1 heterocycles. The van der Waals surface area contributed by atoms with Gasteiger partial charge in [-0.25, -0.2) is 0 Å². The molecular formula is C14H18O2S. The average molecular weight is 250 g/mol. The molecule has 0 aromatic heterocycles. The summed E-state index contributed by atoms with van der Waals surface area (Å²) >= 11 is 1.88. The molecule has 0 bridgehead atoms. The quantitative estimate of drug-likeness (QED) is 0.831. The minimum absolute atomic E-state index is 0.122. The number of aliphatic hydroxyl groups is 1. The van der Waals surface area contributed by atoms with Crippen LogP contribution in [0.1, 0.15) is 31.2 Å². The molecule has 1 saturated heterocycles. The minimum Gasteiger partial charge on any atom is -0.385 e. The van der Waals surface area contributed by atoms with Crippen LogP contribution in [0.25, 0.3) is 0 Å². The molecule has 0 unspecified atom stereocenters. The molecule has 3 heteroatoms. The molecule has 2 fully saturated rings. The van der Waals surface area contributed by atoms with Gasteiger partial charge < -0.3 is 9.84 Å². The normalized spacial score (nSPS) is 37.5. The summed E-state index contributed by atoms with van der Waals surface area (Å²) in [6.07, 6.45) is 3.70. The first-order valence-electron chi connectivity index (χ1n) is 6.28. The topological polar surface area (TPSA) is 29.5 Å². The number of hydrogen-bond donors (Lipinski definition) is 1. The van der Waals surface area contributed by atoms with E-state index in [1.54, 1.807) is 0 Å². The summed E-state index contributed by atoms with van der Waals surface area (Å²) in [5, 5.41) is 10.9. The molecule has 3 rings (SSSR count). The fourth-order valence-electron chi connectivity index (χ4n) is 3.01. The van der Waals surface area contributed by atoms with Crippen molar-refractivity contribution in [1.29, 1.82) is 0 Å². The van der Waals surface area contributed by atoms with Gasteiger partial charge in [0.1, 0.15) is 4.93 Å². The third-order valence-corrected chi connectivity index (χ3v) is 5.20. The van der Waals surface area contributed by atoms with Crippen molar-refractivity contribution >= 4 is 11.8 Å². The van der Waals surface area contributed by atoms with Gasteiger partial charge in [0.2, 0.25) is 0 Å². The van der Waals surface area contributed by atoms with Gasteiger partial charge in [-0.1, -0.05) is 30.3 Å². The molecule has 1 aromatic rings. The van der Waals surface area contributed by atoms with Crippen molar-refractivity contribution in [2.24, 2.45) is 0 Å². The van der Waals surface area contributed by atoms with Gasteiger partial charge in [0, 0.05) is 12.2 Å². The number of hydrogen-bond acceptors (Lipinski definition) is 3. The van der Waals surface area contributed by atoms with Gasteiger partial charge >= 0.3 is 0 Å². The van der Waals surface area contributed by atoms with Crippen LogP contribution >= 0.6 is 11.8 Å². The predicted molar refractivity (Wildman–Crippen MR) is 69.9 cm³/mol. The molecule has 2 atom stereocenters. The van der Waals surface area contributed by atoms with Crippen LogP contribution in [0.5, 0.6) is 0 Å². The second kappa shape index (κ2) is 4.30. The molecule has 17 heavy (non-hydrogen) atoms. The summed E-state index contributed by atoms with van der Waals surface area (Å²) in [4.78, 5) is -0.122. The van der Waals surface area contributed by atoms with Gasteiger partial charge in [0.25, 0.3) is 0 Å². The van der Waals surface area contributed by atoms with Crippen LogP contribution in [-0.2, 0) is 10.3 Å². The standard InChI is InChI=1S/C14H18O2S/c15-13(12-5-2-1-3-6-12)7-4-8-14(11-13)16-9-10-17-14/h1-3,5-6,15H,4,7-11H2/t13-,14+/m0/s1. The lowest BCUT2D eigenvalue weighted by molar-refractivity contribution is -0.0829. The zero-order valence-electron chi connectivity index (χ0n) is 9.89. The fraction of sp³-hybridized carbons (Fsp3) is 0.571. The van der Waals surface area contributed by atoms with Crippen LogP contribution in [-0.4, -0.2) is 22.4 Å². The summed E-state index contributed by atoms with van der Waals surface area (Å²) in [6, 6.07) is 10.0. The first-order valence-corrected chi connectivity index (χ1v) is 7.27. The molecule has 2 aliphatic rings. The number of benzene rings is 1. The highest BCUT2D eigenvalue weighted by Gasteiger charge is 2.47. The lowest BCUT2D eigenvalue weighted by atomic mass is 9.78. The van der Waals surface area contributed by atoms with Crippen molar-refractivity contribution in [3.8, 4) is 0 Å². The summed E-state index contributed by atoms with van der Waals surface area (Å²) in [5.41, 5.74) is 0.340. The van der Waals surface area contributed by atoms with Gasteiger partial charge in [0.15, 0.2) is 0 Å². The Hall–Kier alpha value is -0.510. The van der Waals surface area contributed by atoms with Crippen LogP contribution in [0, 0.1) is 0 Å². The largest absolute Gasteiger partial charge is 0.385 e. The lowest BCUT2D eigenvalue weighted by Gasteiger charge is -2.42. The molecule has 92 valence electrons. The highest BCUT2D eigenvalue weighted by molar-refractivity contribution is 8.00. The van der Waals surface area contributed by atoms with Crippen molar-refractivity contribution in [1.82, 2.24) is 0 Å². The Balaban J connectivity index is 1.87. The zero-order chi connectivity index (χ0) is 11.8. The molecular weight excluding hydrogens is 232 g/mol. The van der Waals surface area contributed by atoms with Gasteiger partial charge in [0.05, 0.1) is 12.2 Å². The summed E-state index contributed by atoms with van der Waals surface area (Å²) < 4.78 is 5.90. The number of thioether (sulfide) groups is 1. The molecule has 1 aliphatic carbocycles. The average Bonchev–Trinajstić information content (AvgIpc) is 2.78. The maximum Gasteiger partial charge on any atom is 0.116 e. The second-order valence-corrected chi connectivity index (χ2v) is 6.48. The monoisotopic (exact) mass is 250 g/mol. The Morgan fingerprint density at radius 3 is 2.71 bits per heavy atom. The van der Waals surface area contributed by atoms with Gasteiger partial charge in [-0.2, -0.15) is 0 Å². The second-order valence-electron chi connectivity index (χ2n) is 5.04. The van der Waals surface area contributed by atoms with Crippen LogP contribution < -0.4 is 0 Å². The van der Waals surface area contributed by atoms with E-state index in [4.69, 9.17) is 4.74 Å². The molecule has 1 spiro atoms. The third-order valence-electron chi connectivity index (χ3n) is 3.83. The third kappa shape index (κ3) is 2.12. The maximum atomic E-state index is 10.9. The fourth-order valence-corrected chi connectivity index (χ4v) is 4.35. The van der Waals surface area contributed by atoms with E-state index >= 15 is 0 Å². The van der Waals surface area contributed by atoms with E-state index in [-0.39, 0.29) is 4.93 Å². The van der Waals surface area contributed by atoms with Crippen molar-refractivity contribution in [2.75, 3.05) is 12.4 Å². The Kier molecular flexibility index (Phi) is 2.93. The van der Waals surface area contributed by atoms with Crippen molar-refractivity contribution < 1.29 is 9.84 Å². The van der Waals surface area contributed by atoms with E-state index in [0.29, 0.717) is 0 Å². The molecule has 1 N–H and O–H groups in total. The van der Waals surface area contributed by atoms with E-state index in [0.717, 1.165) is 43.6 Å². The van der Waals surface area contributed by atoms with E-state index < -0.39 is 5.60 Å². The number of ether oxygens (including phenoxy) is 1. The summed E-state index contributed by atoms with van der Waals surface area (Å²) in [5.74, 6) is 1.06. The predicted octanol–water partition coefficient (Wildman–Crippen LogP) is 2.91. The van der Waals surface area contributed by atoms with Crippen LogP contribution in [0.2, 0.25) is 0 Å². The van der Waals surface area contributed by atoms with E-state index in [2.05, 4.69) is 0 Å². The Morgan fingerprint density at radius 1 is 1.18 bits per heavy atom. The number of rotatable bonds is 1. The summed E-state index contributed by atoms with van der Waals surface area (Å²) in [6.45, 7) is 0.829. The van der Waals surface area contributed by atoms with Crippen LogP contribution in [0.3, 0.4) is 0 Å². The molecule has 1 aromatic carbocycles. The Labute approximate surface area is 106 Å². The summed E-state index contributed by atoms with van der Waals surface area (Å²) in [7, 11) is 0. The lowest BCUT2D eigenvalue weighted by Crippen LogP contribution is -2.41. The first kappa shape index (κ1) is 11.6. The van der Waals surface area contributed by atoms with Crippen LogP contribution in [0.15, 0.2) is 30.3 Å². The Bertz CT molecular complexity index is 386. The minimum atomic E-state index is -0.698. The van der Waals surface area contributed by atoms with E-state index in [1.165, 1.54) is 0 Å². The Morgan fingerprint density at radius 2 is 2.00 bits per heavy atom. The molecule has 0 amide bonds. The maximum absolute atomic E-state index is 10.9. The van der Waals surface area contributed by atoms with Crippen molar-refractivity contribution in [2.45, 2.75) is 36.2 Å². The highest BCUT2D eigenvalue weighted by Crippen LogP contribution is 2.51. The highest BCUT2D eigenvalue weighted by atomic mass is 32.2.